The average Bonchev–Trinajstić information content (AvgIpc) is 3.22. The predicted molar refractivity (Wildman–Crippen MR) is 81.2 cm³/mol. The van der Waals surface area contributed by atoms with E-state index in [-0.39, 0.29) is 23.1 Å². The second-order valence-electron chi connectivity index (χ2n) is 5.50. The quantitative estimate of drug-likeness (QED) is 0.771. The molecule has 0 amide bonds. The van der Waals surface area contributed by atoms with Gasteiger partial charge in [-0.2, -0.15) is 0 Å². The number of carboxylic acid groups (broad SMARTS) is 1. The van der Waals surface area contributed by atoms with Gasteiger partial charge < -0.3 is 10.4 Å². The Kier molecular flexibility index (Phi) is 4.88. The van der Waals surface area contributed by atoms with Crippen molar-refractivity contribution < 1.29 is 18.3 Å². The highest BCUT2D eigenvalue weighted by Crippen LogP contribution is 2.36. The summed E-state index contributed by atoms with van der Waals surface area (Å²) >= 11 is 0. The van der Waals surface area contributed by atoms with Crippen molar-refractivity contribution in [3.05, 3.63) is 24.3 Å². The molecule has 0 radical (unpaired) electrons. The fourth-order valence-corrected chi connectivity index (χ4v) is 3.96. The van der Waals surface area contributed by atoms with Crippen molar-refractivity contribution in [2.75, 3.05) is 11.1 Å². The van der Waals surface area contributed by atoms with Crippen LogP contribution in [0.15, 0.2) is 29.2 Å². The maximum absolute atomic E-state index is 12.3. The van der Waals surface area contributed by atoms with E-state index in [9.17, 15) is 13.2 Å². The van der Waals surface area contributed by atoms with Gasteiger partial charge in [-0.3, -0.25) is 4.79 Å². The van der Waals surface area contributed by atoms with Crippen LogP contribution in [0.3, 0.4) is 0 Å². The van der Waals surface area contributed by atoms with E-state index in [4.69, 9.17) is 5.11 Å². The number of hydrogen-bond acceptors (Lipinski definition) is 4. The van der Waals surface area contributed by atoms with Crippen molar-refractivity contribution in [1.82, 2.24) is 0 Å². The molecule has 0 aromatic heterocycles. The predicted octanol–water partition coefficient (Wildman–Crippen LogP) is 2.54. The van der Waals surface area contributed by atoms with Crippen LogP contribution in [0, 0.1) is 5.92 Å². The summed E-state index contributed by atoms with van der Waals surface area (Å²) in [5.41, 5.74) is 0.518. The van der Waals surface area contributed by atoms with Gasteiger partial charge in [0.2, 0.25) is 0 Å². The van der Waals surface area contributed by atoms with E-state index in [1.807, 2.05) is 6.92 Å². The Morgan fingerprint density at radius 1 is 1.38 bits per heavy atom. The first-order chi connectivity index (χ1) is 9.94. The molecular formula is C15H21NO4S. The number of hydrogen-bond donors (Lipinski definition) is 2. The topological polar surface area (TPSA) is 83.5 Å². The van der Waals surface area contributed by atoms with Crippen LogP contribution in [-0.4, -0.2) is 31.3 Å². The van der Waals surface area contributed by atoms with E-state index in [1.165, 1.54) is 0 Å². The summed E-state index contributed by atoms with van der Waals surface area (Å²) in [7, 11) is -3.33. The zero-order valence-corrected chi connectivity index (χ0v) is 12.9. The lowest BCUT2D eigenvalue weighted by molar-refractivity contribution is -0.137. The maximum atomic E-state index is 12.3. The average molecular weight is 311 g/mol. The van der Waals surface area contributed by atoms with Gasteiger partial charge in [-0.25, -0.2) is 8.42 Å². The van der Waals surface area contributed by atoms with Crippen LogP contribution in [0.4, 0.5) is 5.69 Å². The number of anilines is 1. The number of sulfone groups is 1. The SMILES string of the molecule is CCCS(=O)(=O)c1ccccc1NC(CC(=O)O)C1CC1. The smallest absolute Gasteiger partial charge is 0.305 e. The monoisotopic (exact) mass is 311 g/mol. The van der Waals surface area contributed by atoms with Gasteiger partial charge in [0.1, 0.15) is 0 Å². The Morgan fingerprint density at radius 3 is 2.62 bits per heavy atom. The first-order valence-corrected chi connectivity index (χ1v) is 8.89. The summed E-state index contributed by atoms with van der Waals surface area (Å²) in [6.45, 7) is 1.82. The third kappa shape index (κ3) is 4.20. The fraction of sp³-hybridized carbons (Fsp3) is 0.533. The van der Waals surface area contributed by atoms with E-state index in [0.29, 0.717) is 18.0 Å². The van der Waals surface area contributed by atoms with Gasteiger partial charge in [-0.15, -0.1) is 0 Å². The van der Waals surface area contributed by atoms with Crippen molar-refractivity contribution in [1.29, 1.82) is 0 Å². The largest absolute Gasteiger partial charge is 0.481 e. The van der Waals surface area contributed by atoms with Gasteiger partial charge in [0.05, 0.1) is 22.8 Å². The molecule has 5 nitrogen and oxygen atoms in total. The molecule has 1 saturated carbocycles. The Morgan fingerprint density at radius 2 is 2.05 bits per heavy atom. The number of nitrogens with one attached hydrogen (secondary N) is 1. The maximum Gasteiger partial charge on any atom is 0.305 e. The number of rotatable bonds is 8. The summed E-state index contributed by atoms with van der Waals surface area (Å²) in [6.07, 6.45) is 2.55. The standard InChI is InChI=1S/C15H21NO4S/c1-2-9-21(19,20)14-6-4-3-5-12(14)16-13(10-15(17)18)11-7-8-11/h3-6,11,13,16H,2,7-10H2,1H3,(H,17,18). The molecule has 2 rings (SSSR count). The highest BCUT2D eigenvalue weighted by molar-refractivity contribution is 7.91. The summed E-state index contributed by atoms with van der Waals surface area (Å²) < 4.78 is 24.6. The van der Waals surface area contributed by atoms with Gasteiger partial charge in [-0.05, 0) is 37.3 Å². The lowest BCUT2D eigenvalue weighted by Crippen LogP contribution is -2.26. The Bertz CT molecular complexity index is 608. The van der Waals surface area contributed by atoms with E-state index in [2.05, 4.69) is 5.32 Å². The second-order valence-corrected chi connectivity index (χ2v) is 7.58. The van der Waals surface area contributed by atoms with Gasteiger partial charge >= 0.3 is 5.97 Å². The van der Waals surface area contributed by atoms with Crippen LogP contribution >= 0.6 is 0 Å². The molecule has 0 heterocycles. The molecule has 1 unspecified atom stereocenters. The van der Waals surface area contributed by atoms with E-state index < -0.39 is 15.8 Å². The van der Waals surface area contributed by atoms with E-state index >= 15 is 0 Å². The molecule has 2 N–H and O–H groups in total. The van der Waals surface area contributed by atoms with Crippen LogP contribution in [-0.2, 0) is 14.6 Å². The lowest BCUT2D eigenvalue weighted by Gasteiger charge is -2.20. The third-order valence-corrected chi connectivity index (χ3v) is 5.59. The molecule has 0 bridgehead atoms. The van der Waals surface area contributed by atoms with Gasteiger partial charge in [-0.1, -0.05) is 19.1 Å². The Balaban J connectivity index is 2.25. The number of para-hydroxylation sites is 1. The first kappa shape index (κ1) is 15.8. The number of aliphatic carboxylic acids is 1. The number of carboxylic acids is 1. The summed E-state index contributed by atoms with van der Waals surface area (Å²) in [5, 5.41) is 12.1. The van der Waals surface area contributed by atoms with Gasteiger partial charge in [0, 0.05) is 6.04 Å². The molecule has 1 atom stereocenters. The normalized spacial score (nSPS) is 16.4. The zero-order valence-electron chi connectivity index (χ0n) is 12.1. The molecule has 116 valence electrons. The Labute approximate surface area is 125 Å². The minimum atomic E-state index is -3.33. The summed E-state index contributed by atoms with van der Waals surface area (Å²) in [5.74, 6) is -0.449. The molecule has 21 heavy (non-hydrogen) atoms. The second kappa shape index (κ2) is 6.47. The van der Waals surface area contributed by atoms with E-state index in [1.54, 1.807) is 24.3 Å². The molecular weight excluding hydrogens is 290 g/mol. The minimum Gasteiger partial charge on any atom is -0.481 e. The number of carbonyl (C=O) groups is 1. The van der Waals surface area contributed by atoms with Crippen LogP contribution in [0.5, 0.6) is 0 Å². The van der Waals surface area contributed by atoms with E-state index in [0.717, 1.165) is 12.8 Å². The van der Waals surface area contributed by atoms with Crippen molar-refractivity contribution in [2.24, 2.45) is 5.92 Å². The highest BCUT2D eigenvalue weighted by atomic mass is 32.2. The minimum absolute atomic E-state index is 0.00677. The van der Waals surface area contributed by atoms with Crippen LogP contribution in [0.2, 0.25) is 0 Å². The zero-order chi connectivity index (χ0) is 15.5. The molecule has 0 saturated heterocycles. The summed E-state index contributed by atoms with van der Waals surface area (Å²) in [4.78, 5) is 11.2. The van der Waals surface area contributed by atoms with Crippen LogP contribution in [0.25, 0.3) is 0 Å². The molecule has 1 aromatic carbocycles. The first-order valence-electron chi connectivity index (χ1n) is 7.24. The number of benzene rings is 1. The molecule has 0 spiro atoms. The highest BCUT2D eigenvalue weighted by Gasteiger charge is 2.33. The third-order valence-electron chi connectivity index (χ3n) is 3.62. The van der Waals surface area contributed by atoms with Crippen LogP contribution in [0.1, 0.15) is 32.6 Å². The molecule has 1 aliphatic carbocycles. The van der Waals surface area contributed by atoms with Crippen molar-refractivity contribution in [3.8, 4) is 0 Å². The van der Waals surface area contributed by atoms with Gasteiger partial charge in [0.15, 0.2) is 9.84 Å². The molecule has 0 aliphatic heterocycles. The molecule has 1 fully saturated rings. The molecule has 1 aromatic rings. The lowest BCUT2D eigenvalue weighted by atomic mass is 10.1. The van der Waals surface area contributed by atoms with Gasteiger partial charge in [0.25, 0.3) is 0 Å². The van der Waals surface area contributed by atoms with Crippen molar-refractivity contribution in [3.63, 3.8) is 0 Å². The molecule has 6 heteroatoms. The molecule has 1 aliphatic rings. The van der Waals surface area contributed by atoms with Crippen LogP contribution < -0.4 is 5.32 Å². The Hall–Kier alpha value is -1.56. The summed E-state index contributed by atoms with van der Waals surface area (Å²) in [6, 6.07) is 6.54. The fourth-order valence-electron chi connectivity index (χ4n) is 2.46. The van der Waals surface area contributed by atoms with Crippen molar-refractivity contribution >= 4 is 21.5 Å². The van der Waals surface area contributed by atoms with Crippen molar-refractivity contribution in [2.45, 2.75) is 43.5 Å².